The molecule has 1 saturated heterocycles. The first-order valence-corrected chi connectivity index (χ1v) is 4.72. The number of hydrogen-bond acceptors (Lipinski definition) is 3. The summed E-state index contributed by atoms with van der Waals surface area (Å²) in [6, 6.07) is 0.141. The molecule has 2 atom stereocenters. The van der Waals surface area contributed by atoms with Gasteiger partial charge in [-0.2, -0.15) is 0 Å². The minimum absolute atomic E-state index is 0.141. The summed E-state index contributed by atoms with van der Waals surface area (Å²) >= 11 is 0. The Morgan fingerprint density at radius 2 is 2.31 bits per heavy atom. The van der Waals surface area contributed by atoms with Gasteiger partial charge in [-0.15, -0.1) is 0 Å². The van der Waals surface area contributed by atoms with Gasteiger partial charge in [0.15, 0.2) is 0 Å². The SMILES string of the molecule is CC1CNCC(CC(=O)O)N(C)C1. The molecule has 1 aliphatic heterocycles. The van der Waals surface area contributed by atoms with E-state index in [0.29, 0.717) is 5.92 Å². The predicted octanol–water partition coefficient (Wildman–Crippen LogP) is 0.000800. The lowest BCUT2D eigenvalue weighted by atomic mass is 10.1. The van der Waals surface area contributed by atoms with E-state index in [-0.39, 0.29) is 12.5 Å². The molecule has 2 N–H and O–H groups in total. The molecule has 1 aliphatic rings. The fourth-order valence-corrected chi connectivity index (χ4v) is 1.79. The zero-order chi connectivity index (χ0) is 9.84. The average Bonchev–Trinajstić information content (AvgIpc) is 2.13. The first-order chi connectivity index (χ1) is 6.09. The van der Waals surface area contributed by atoms with Gasteiger partial charge in [0.1, 0.15) is 0 Å². The highest BCUT2D eigenvalue weighted by Crippen LogP contribution is 2.08. The summed E-state index contributed by atoms with van der Waals surface area (Å²) in [4.78, 5) is 12.7. The van der Waals surface area contributed by atoms with E-state index in [1.807, 2.05) is 7.05 Å². The average molecular weight is 186 g/mol. The second-order valence-corrected chi connectivity index (χ2v) is 3.95. The van der Waals surface area contributed by atoms with E-state index in [2.05, 4.69) is 17.1 Å². The zero-order valence-corrected chi connectivity index (χ0v) is 8.29. The number of carboxylic acids is 1. The van der Waals surface area contributed by atoms with Gasteiger partial charge >= 0.3 is 5.97 Å². The highest BCUT2D eigenvalue weighted by atomic mass is 16.4. The molecule has 1 fully saturated rings. The Hall–Kier alpha value is -0.610. The molecule has 0 aromatic rings. The maximum absolute atomic E-state index is 10.6. The normalized spacial score (nSPS) is 31.2. The highest BCUT2D eigenvalue weighted by Gasteiger charge is 2.22. The Morgan fingerprint density at radius 1 is 1.62 bits per heavy atom. The minimum Gasteiger partial charge on any atom is -0.481 e. The second-order valence-electron chi connectivity index (χ2n) is 3.95. The van der Waals surface area contributed by atoms with Crippen LogP contribution in [0.3, 0.4) is 0 Å². The van der Waals surface area contributed by atoms with E-state index in [1.54, 1.807) is 0 Å². The minimum atomic E-state index is -0.715. The van der Waals surface area contributed by atoms with Crippen molar-refractivity contribution < 1.29 is 9.90 Å². The van der Waals surface area contributed by atoms with Crippen molar-refractivity contribution >= 4 is 5.97 Å². The molecule has 13 heavy (non-hydrogen) atoms. The van der Waals surface area contributed by atoms with Gasteiger partial charge in [0.25, 0.3) is 0 Å². The highest BCUT2D eigenvalue weighted by molar-refractivity contribution is 5.67. The van der Waals surface area contributed by atoms with Crippen molar-refractivity contribution in [2.45, 2.75) is 19.4 Å². The smallest absolute Gasteiger partial charge is 0.304 e. The van der Waals surface area contributed by atoms with E-state index < -0.39 is 5.97 Å². The molecular weight excluding hydrogens is 168 g/mol. The van der Waals surface area contributed by atoms with Crippen LogP contribution < -0.4 is 5.32 Å². The first-order valence-electron chi connectivity index (χ1n) is 4.72. The molecule has 0 spiro atoms. The van der Waals surface area contributed by atoms with Crippen molar-refractivity contribution in [2.24, 2.45) is 5.92 Å². The van der Waals surface area contributed by atoms with Crippen LogP contribution in [0, 0.1) is 5.92 Å². The van der Waals surface area contributed by atoms with Crippen molar-refractivity contribution in [1.29, 1.82) is 0 Å². The number of likely N-dealkylation sites (N-methyl/N-ethyl adjacent to an activating group) is 1. The van der Waals surface area contributed by atoms with Crippen LogP contribution in [-0.2, 0) is 4.79 Å². The standard InChI is InChI=1S/C9H18N2O2/c1-7-4-10-5-8(3-9(12)13)11(2)6-7/h7-8,10H,3-6H2,1-2H3,(H,12,13). The van der Waals surface area contributed by atoms with Crippen LogP contribution in [0.15, 0.2) is 0 Å². The summed E-state index contributed by atoms with van der Waals surface area (Å²) in [5.74, 6) is -0.114. The van der Waals surface area contributed by atoms with Crippen molar-refractivity contribution in [3.63, 3.8) is 0 Å². The molecule has 0 aliphatic carbocycles. The van der Waals surface area contributed by atoms with Crippen molar-refractivity contribution in [3.05, 3.63) is 0 Å². The monoisotopic (exact) mass is 186 g/mol. The van der Waals surface area contributed by atoms with E-state index in [9.17, 15) is 4.79 Å². The van der Waals surface area contributed by atoms with Crippen LogP contribution in [0.1, 0.15) is 13.3 Å². The fourth-order valence-electron chi connectivity index (χ4n) is 1.79. The van der Waals surface area contributed by atoms with E-state index in [1.165, 1.54) is 0 Å². The number of carbonyl (C=O) groups is 1. The van der Waals surface area contributed by atoms with Crippen molar-refractivity contribution in [1.82, 2.24) is 10.2 Å². The van der Waals surface area contributed by atoms with Gasteiger partial charge in [-0.05, 0) is 19.5 Å². The summed E-state index contributed by atoms with van der Waals surface area (Å²) in [5, 5.41) is 12.0. The van der Waals surface area contributed by atoms with Gasteiger partial charge in [-0.1, -0.05) is 6.92 Å². The third-order valence-electron chi connectivity index (χ3n) is 2.51. The second kappa shape index (κ2) is 4.58. The molecule has 0 bridgehead atoms. The van der Waals surface area contributed by atoms with Gasteiger partial charge in [-0.3, -0.25) is 4.79 Å². The Balaban J connectivity index is 2.48. The Bertz CT molecular complexity index is 184. The first kappa shape index (κ1) is 10.5. The van der Waals surface area contributed by atoms with Crippen LogP contribution in [-0.4, -0.2) is 48.7 Å². The molecule has 4 heteroatoms. The van der Waals surface area contributed by atoms with Crippen molar-refractivity contribution in [3.8, 4) is 0 Å². The molecule has 76 valence electrons. The maximum Gasteiger partial charge on any atom is 0.304 e. The molecule has 0 radical (unpaired) electrons. The fraction of sp³-hybridized carbons (Fsp3) is 0.889. The van der Waals surface area contributed by atoms with Crippen LogP contribution in [0.25, 0.3) is 0 Å². The molecule has 0 saturated carbocycles. The van der Waals surface area contributed by atoms with E-state index >= 15 is 0 Å². The van der Waals surface area contributed by atoms with Gasteiger partial charge in [-0.25, -0.2) is 0 Å². The quantitative estimate of drug-likeness (QED) is 0.637. The molecule has 0 amide bonds. The summed E-state index contributed by atoms with van der Waals surface area (Å²) in [5.41, 5.74) is 0. The molecule has 0 aromatic carbocycles. The molecule has 1 heterocycles. The summed E-state index contributed by atoms with van der Waals surface area (Å²) in [6.07, 6.45) is 0.232. The number of aliphatic carboxylic acids is 1. The predicted molar refractivity (Wildman–Crippen MR) is 50.7 cm³/mol. The lowest BCUT2D eigenvalue weighted by Crippen LogP contribution is -2.38. The summed E-state index contributed by atoms with van der Waals surface area (Å²) in [7, 11) is 2.00. The molecular formula is C9H18N2O2. The number of rotatable bonds is 2. The molecule has 2 unspecified atom stereocenters. The number of carboxylic acid groups (broad SMARTS) is 1. The van der Waals surface area contributed by atoms with Crippen LogP contribution >= 0.6 is 0 Å². The summed E-state index contributed by atoms with van der Waals surface area (Å²) < 4.78 is 0. The van der Waals surface area contributed by atoms with Crippen LogP contribution in [0.5, 0.6) is 0 Å². The Morgan fingerprint density at radius 3 is 2.92 bits per heavy atom. The largest absolute Gasteiger partial charge is 0.481 e. The van der Waals surface area contributed by atoms with Gasteiger partial charge in [0.05, 0.1) is 6.42 Å². The van der Waals surface area contributed by atoms with Crippen LogP contribution in [0.2, 0.25) is 0 Å². The number of nitrogens with zero attached hydrogens (tertiary/aromatic N) is 1. The van der Waals surface area contributed by atoms with E-state index in [4.69, 9.17) is 5.11 Å². The van der Waals surface area contributed by atoms with Gasteiger partial charge in [0.2, 0.25) is 0 Å². The third kappa shape index (κ3) is 3.32. The molecule has 4 nitrogen and oxygen atoms in total. The summed E-state index contributed by atoms with van der Waals surface area (Å²) in [6.45, 7) is 4.92. The van der Waals surface area contributed by atoms with Gasteiger partial charge in [0, 0.05) is 19.1 Å². The lowest BCUT2D eigenvalue weighted by Gasteiger charge is -2.24. The number of hydrogen-bond donors (Lipinski definition) is 2. The number of nitrogens with one attached hydrogen (secondary N) is 1. The Kier molecular flexibility index (Phi) is 3.69. The van der Waals surface area contributed by atoms with Gasteiger partial charge < -0.3 is 15.3 Å². The van der Waals surface area contributed by atoms with E-state index in [0.717, 1.165) is 19.6 Å². The van der Waals surface area contributed by atoms with Crippen LogP contribution in [0.4, 0.5) is 0 Å². The third-order valence-corrected chi connectivity index (χ3v) is 2.51. The maximum atomic E-state index is 10.6. The lowest BCUT2D eigenvalue weighted by molar-refractivity contribution is -0.138. The molecule has 0 aromatic heterocycles. The topological polar surface area (TPSA) is 52.6 Å². The molecule has 1 rings (SSSR count). The zero-order valence-electron chi connectivity index (χ0n) is 8.29. The van der Waals surface area contributed by atoms with Crippen molar-refractivity contribution in [2.75, 3.05) is 26.7 Å². The Labute approximate surface area is 78.9 Å².